The van der Waals surface area contributed by atoms with Gasteiger partial charge in [-0.2, -0.15) is 0 Å². The summed E-state index contributed by atoms with van der Waals surface area (Å²) in [6, 6.07) is 4.69. The molecule has 1 aromatic rings. The number of hydrogen-bond donors (Lipinski definition) is 0. The molecule has 0 bridgehead atoms. The second-order valence-electron chi connectivity index (χ2n) is 2.03. The number of carbonyl (C=O) groups excluding carboxylic acids is 1. The molecule has 0 amide bonds. The Morgan fingerprint density at radius 1 is 1.38 bits per heavy atom. The van der Waals surface area contributed by atoms with E-state index in [-0.39, 0.29) is 5.75 Å². The minimum atomic E-state index is -2.20. The van der Waals surface area contributed by atoms with E-state index in [4.69, 9.17) is 10.7 Å². The average Bonchev–Trinajstić information content (AvgIpc) is 2.08. The molecule has 3 nitrogen and oxygen atoms in total. The highest BCUT2D eigenvalue weighted by atomic mass is 35.7. The fourth-order valence-corrected chi connectivity index (χ4v) is 0.888. The van der Waals surface area contributed by atoms with Crippen molar-refractivity contribution in [2.24, 2.45) is 0 Å². The normalized spacial score (nSPS) is 12.2. The molecule has 0 aliphatic heterocycles. The van der Waals surface area contributed by atoms with Crippen LogP contribution in [0.1, 0.15) is 0 Å². The van der Waals surface area contributed by atoms with Crippen LogP contribution in [0, 0.1) is 5.82 Å². The van der Waals surface area contributed by atoms with E-state index in [0.29, 0.717) is 0 Å². The molecule has 0 aliphatic carbocycles. The molecular formula is C7H4ClFO3S. The molecule has 1 atom stereocenters. The lowest BCUT2D eigenvalue weighted by atomic mass is 10.3. The number of ether oxygens (including phenoxy) is 1. The molecule has 0 aromatic heterocycles. The summed E-state index contributed by atoms with van der Waals surface area (Å²) in [7, 11) is 2.73. The molecule has 0 N–H and O–H groups in total. The summed E-state index contributed by atoms with van der Waals surface area (Å²) >= 11 is 0. The third kappa shape index (κ3) is 3.12. The van der Waals surface area contributed by atoms with Gasteiger partial charge in [0.2, 0.25) is 10.0 Å². The Balaban J connectivity index is 2.70. The lowest BCUT2D eigenvalue weighted by Gasteiger charge is -1.99. The van der Waals surface area contributed by atoms with Crippen LogP contribution in [0.25, 0.3) is 0 Å². The molecule has 0 unspecified atom stereocenters. The van der Waals surface area contributed by atoms with Crippen LogP contribution < -0.4 is 4.74 Å². The van der Waals surface area contributed by atoms with Crippen molar-refractivity contribution in [1.29, 1.82) is 0 Å². The van der Waals surface area contributed by atoms with Crippen LogP contribution in [0.5, 0.6) is 5.75 Å². The molecule has 0 spiro atoms. The maximum Gasteiger partial charge on any atom is 0.418 e. The molecule has 70 valence electrons. The lowest BCUT2D eigenvalue weighted by Crippen LogP contribution is -2.07. The number of rotatable bonds is 1. The van der Waals surface area contributed by atoms with Crippen LogP contribution in [-0.2, 0) is 10.0 Å². The molecule has 0 saturated heterocycles. The fraction of sp³-hybridized carbons (Fsp3) is 0. The van der Waals surface area contributed by atoms with Gasteiger partial charge in [0, 0.05) is 10.7 Å². The summed E-state index contributed by atoms with van der Waals surface area (Å²) in [5, 5.41) is -1.08. The first kappa shape index (κ1) is 10.1. The van der Waals surface area contributed by atoms with Crippen LogP contribution in [0.4, 0.5) is 9.18 Å². The molecule has 0 aliphatic rings. The molecular weight excluding hydrogens is 219 g/mol. The Hall–Kier alpha value is -0.940. The summed E-state index contributed by atoms with van der Waals surface area (Å²) in [4.78, 5) is 10.6. The fourth-order valence-electron chi connectivity index (χ4n) is 0.632. The second-order valence-corrected chi connectivity index (χ2v) is 3.65. The van der Waals surface area contributed by atoms with Crippen molar-refractivity contribution in [1.82, 2.24) is 0 Å². The zero-order valence-electron chi connectivity index (χ0n) is 6.20. The molecule has 0 fully saturated rings. The summed E-state index contributed by atoms with van der Waals surface area (Å²) < 4.78 is 27.2. The largest absolute Gasteiger partial charge is 0.418 e. The Morgan fingerprint density at radius 3 is 2.38 bits per heavy atom. The zero-order valence-corrected chi connectivity index (χ0v) is 7.77. The predicted octanol–water partition coefficient (Wildman–Crippen LogP) is 2.23. The lowest BCUT2D eigenvalue weighted by molar-refractivity contribution is 0.226. The standard InChI is InChI=1S/C7H4ClFO3S/c8-13(11)7(10)12-6-3-1-5(9)2-4-6/h1-4H/t13-/m1/s1. The van der Waals surface area contributed by atoms with E-state index >= 15 is 0 Å². The molecule has 1 aromatic carbocycles. The van der Waals surface area contributed by atoms with E-state index in [1.165, 1.54) is 12.1 Å². The van der Waals surface area contributed by atoms with Gasteiger partial charge in [-0.25, -0.2) is 13.4 Å². The van der Waals surface area contributed by atoms with E-state index in [1.807, 2.05) is 0 Å². The van der Waals surface area contributed by atoms with Crippen molar-refractivity contribution in [3.05, 3.63) is 30.1 Å². The number of halogens is 2. The maximum absolute atomic E-state index is 12.4. The monoisotopic (exact) mass is 222 g/mol. The van der Waals surface area contributed by atoms with E-state index in [2.05, 4.69) is 4.74 Å². The smallest absolute Gasteiger partial charge is 0.416 e. The van der Waals surface area contributed by atoms with Crippen LogP contribution in [0.3, 0.4) is 0 Å². The van der Waals surface area contributed by atoms with Crippen molar-refractivity contribution in [3.63, 3.8) is 0 Å². The highest BCUT2D eigenvalue weighted by molar-refractivity contribution is 8.20. The quantitative estimate of drug-likeness (QED) is 0.541. The molecule has 6 heteroatoms. The van der Waals surface area contributed by atoms with Gasteiger partial charge in [0.1, 0.15) is 11.6 Å². The third-order valence-corrected chi connectivity index (χ3v) is 1.87. The highest BCUT2D eigenvalue weighted by Gasteiger charge is 2.10. The first-order valence-electron chi connectivity index (χ1n) is 3.15. The summed E-state index contributed by atoms with van der Waals surface area (Å²) in [6.45, 7) is 0. The van der Waals surface area contributed by atoms with E-state index < -0.39 is 21.1 Å². The van der Waals surface area contributed by atoms with Gasteiger partial charge in [0.05, 0.1) is 0 Å². The van der Waals surface area contributed by atoms with Crippen molar-refractivity contribution < 1.29 is 18.1 Å². The van der Waals surface area contributed by atoms with Crippen molar-refractivity contribution in [2.45, 2.75) is 0 Å². The van der Waals surface area contributed by atoms with Gasteiger partial charge in [-0.15, -0.1) is 0 Å². The number of hydrogen-bond acceptors (Lipinski definition) is 3. The van der Waals surface area contributed by atoms with E-state index in [1.54, 1.807) is 0 Å². The van der Waals surface area contributed by atoms with E-state index in [9.17, 15) is 13.4 Å². The van der Waals surface area contributed by atoms with Gasteiger partial charge in [-0.3, -0.25) is 0 Å². The van der Waals surface area contributed by atoms with Crippen molar-refractivity contribution in [3.8, 4) is 5.75 Å². The number of benzene rings is 1. The maximum atomic E-state index is 12.4. The minimum absolute atomic E-state index is 0.0976. The summed E-state index contributed by atoms with van der Waals surface area (Å²) in [5.74, 6) is -0.354. The zero-order chi connectivity index (χ0) is 9.84. The van der Waals surface area contributed by atoms with E-state index in [0.717, 1.165) is 12.1 Å². The molecule has 0 heterocycles. The van der Waals surface area contributed by atoms with Crippen molar-refractivity contribution >= 4 is 26.0 Å². The van der Waals surface area contributed by atoms with Crippen LogP contribution >= 0.6 is 10.7 Å². The summed E-state index contributed by atoms with van der Waals surface area (Å²) in [5.41, 5.74) is 0. The Morgan fingerprint density at radius 2 is 1.92 bits per heavy atom. The van der Waals surface area contributed by atoms with Gasteiger partial charge in [0.25, 0.3) is 0 Å². The predicted molar refractivity (Wildman–Crippen MR) is 46.4 cm³/mol. The van der Waals surface area contributed by atoms with Gasteiger partial charge in [0.15, 0.2) is 0 Å². The Bertz CT molecular complexity index is 338. The molecule has 13 heavy (non-hydrogen) atoms. The minimum Gasteiger partial charge on any atom is -0.416 e. The number of carbonyl (C=O) groups is 1. The third-order valence-electron chi connectivity index (χ3n) is 1.15. The van der Waals surface area contributed by atoms with Crippen LogP contribution in [0.2, 0.25) is 0 Å². The topological polar surface area (TPSA) is 43.4 Å². The van der Waals surface area contributed by atoms with Gasteiger partial charge < -0.3 is 4.74 Å². The SMILES string of the molecule is O=C(Oc1ccc(F)cc1)[S@@](=O)Cl. The molecule has 0 saturated carbocycles. The summed E-state index contributed by atoms with van der Waals surface area (Å²) in [6.07, 6.45) is 0. The first-order chi connectivity index (χ1) is 6.09. The van der Waals surface area contributed by atoms with Crippen LogP contribution in [0.15, 0.2) is 24.3 Å². The Labute approximate surface area is 80.4 Å². The van der Waals surface area contributed by atoms with Crippen molar-refractivity contribution in [2.75, 3.05) is 0 Å². The molecule has 0 radical (unpaired) electrons. The highest BCUT2D eigenvalue weighted by Crippen LogP contribution is 2.12. The van der Waals surface area contributed by atoms with Crippen LogP contribution in [-0.4, -0.2) is 9.51 Å². The second kappa shape index (κ2) is 4.34. The first-order valence-corrected chi connectivity index (χ1v) is 5.12. The average molecular weight is 223 g/mol. The van der Waals surface area contributed by atoms with Gasteiger partial charge in [-0.1, -0.05) is 0 Å². The van der Waals surface area contributed by atoms with Gasteiger partial charge in [-0.05, 0) is 24.3 Å². The Kier molecular flexibility index (Phi) is 3.39. The molecule has 1 rings (SSSR count). The van der Waals surface area contributed by atoms with Gasteiger partial charge >= 0.3 is 5.30 Å².